The third-order valence-corrected chi connectivity index (χ3v) is 5.67. The summed E-state index contributed by atoms with van der Waals surface area (Å²) in [4.78, 5) is 4.83. The molecule has 0 bridgehead atoms. The normalized spacial score (nSPS) is 11.2. The van der Waals surface area contributed by atoms with Crippen LogP contribution in [0.2, 0.25) is 0 Å². The Kier molecular flexibility index (Phi) is 5.84. The minimum atomic E-state index is 0. The van der Waals surface area contributed by atoms with Gasteiger partial charge in [0.1, 0.15) is 11.0 Å². The Hall–Kier alpha value is -3.83. The van der Waals surface area contributed by atoms with Gasteiger partial charge in [0.25, 0.3) is 0 Å². The first-order valence-corrected chi connectivity index (χ1v) is 10.2. The summed E-state index contributed by atoms with van der Waals surface area (Å²) in [5.41, 5.74) is 15.3. The molecular weight excluding hydrogens is 418 g/mol. The van der Waals surface area contributed by atoms with Gasteiger partial charge >= 0.3 is 0 Å². The highest BCUT2D eigenvalue weighted by Gasteiger charge is 2.21. The molecule has 1 heterocycles. The molecule has 0 radical (unpaired) electrons. The van der Waals surface area contributed by atoms with Crippen molar-refractivity contribution in [3.63, 3.8) is 0 Å². The molecule has 4 aromatic carbocycles. The number of azo groups is 1. The van der Waals surface area contributed by atoms with Crippen molar-refractivity contribution in [3.05, 3.63) is 96.1 Å². The van der Waals surface area contributed by atoms with Gasteiger partial charge in [-0.25, -0.2) is 4.98 Å². The number of nitrogen functional groups attached to an aromatic ring is 1. The molecular formula is C26H22ClN5. The molecule has 5 rings (SSSR count). The molecule has 0 amide bonds. The van der Waals surface area contributed by atoms with Crippen molar-refractivity contribution >= 4 is 39.1 Å². The van der Waals surface area contributed by atoms with Crippen LogP contribution in [0, 0.1) is 13.8 Å². The zero-order valence-corrected chi connectivity index (χ0v) is 18.6. The third kappa shape index (κ3) is 3.67. The summed E-state index contributed by atoms with van der Waals surface area (Å²) in [7, 11) is 0. The second-order valence-corrected chi connectivity index (χ2v) is 7.54. The highest BCUT2D eigenvalue weighted by Crippen LogP contribution is 2.29. The minimum absolute atomic E-state index is 0. The van der Waals surface area contributed by atoms with Gasteiger partial charge in [-0.15, -0.1) is 9.68 Å². The van der Waals surface area contributed by atoms with Crippen molar-refractivity contribution in [1.82, 2.24) is 4.98 Å². The average Bonchev–Trinajstić information content (AvgIpc) is 2.81. The lowest BCUT2D eigenvalue weighted by atomic mass is 10.1. The molecule has 6 heteroatoms. The van der Waals surface area contributed by atoms with Crippen molar-refractivity contribution in [3.8, 4) is 5.69 Å². The molecule has 0 aliphatic carbocycles. The Labute approximate surface area is 192 Å². The number of hydrogen-bond donors (Lipinski definition) is 1. The van der Waals surface area contributed by atoms with E-state index in [2.05, 4.69) is 33.0 Å². The molecule has 0 saturated carbocycles. The molecule has 5 aromatic rings. The Morgan fingerprint density at radius 1 is 0.656 bits per heavy atom. The molecule has 0 aliphatic heterocycles. The smallest absolute Gasteiger partial charge is 0.239 e. The fourth-order valence-corrected chi connectivity index (χ4v) is 3.80. The molecule has 0 aliphatic rings. The fourth-order valence-electron chi connectivity index (χ4n) is 3.80. The molecule has 5 nitrogen and oxygen atoms in total. The van der Waals surface area contributed by atoms with Crippen molar-refractivity contribution in [2.24, 2.45) is 10.2 Å². The maximum absolute atomic E-state index is 6.02. The number of anilines is 1. The fraction of sp³-hybridized carbons (Fsp3) is 0.0769. The molecule has 0 spiro atoms. The van der Waals surface area contributed by atoms with E-state index in [-0.39, 0.29) is 12.4 Å². The molecule has 32 heavy (non-hydrogen) atoms. The number of halogens is 1. The van der Waals surface area contributed by atoms with Crippen LogP contribution in [0.4, 0.5) is 17.1 Å². The van der Waals surface area contributed by atoms with E-state index in [1.165, 1.54) is 0 Å². The molecule has 158 valence electrons. The number of fused-ring (bicyclic) bond motifs is 2. The van der Waals surface area contributed by atoms with Gasteiger partial charge in [-0.05, 0) is 55.3 Å². The van der Waals surface area contributed by atoms with Gasteiger partial charge in [-0.3, -0.25) is 0 Å². The van der Waals surface area contributed by atoms with Crippen molar-refractivity contribution in [1.29, 1.82) is 0 Å². The Morgan fingerprint density at radius 3 is 1.91 bits per heavy atom. The summed E-state index contributed by atoms with van der Waals surface area (Å²) >= 11 is 0. The number of nitrogens with zero attached hydrogens (tertiary/aromatic N) is 4. The van der Waals surface area contributed by atoms with Crippen LogP contribution < -0.4 is 22.7 Å². The predicted octanol–water partition coefficient (Wildman–Crippen LogP) is 3.28. The highest BCUT2D eigenvalue weighted by molar-refractivity contribution is 5.82. The van der Waals surface area contributed by atoms with Crippen LogP contribution in [0.25, 0.3) is 27.8 Å². The number of hydrogen-bond acceptors (Lipinski definition) is 4. The predicted molar refractivity (Wildman–Crippen MR) is 125 cm³/mol. The monoisotopic (exact) mass is 439 g/mol. The number of nitrogens with two attached hydrogens (primary N) is 1. The van der Waals surface area contributed by atoms with Crippen LogP contribution in [0.5, 0.6) is 0 Å². The summed E-state index contributed by atoms with van der Waals surface area (Å²) in [6.45, 7) is 4.02. The Bertz CT molecular complexity index is 1420. The summed E-state index contributed by atoms with van der Waals surface area (Å²) in [6, 6.07) is 28.1. The van der Waals surface area contributed by atoms with Crippen LogP contribution in [-0.4, -0.2) is 4.98 Å². The van der Waals surface area contributed by atoms with Crippen LogP contribution in [0.15, 0.2) is 95.2 Å². The van der Waals surface area contributed by atoms with E-state index in [4.69, 9.17) is 10.7 Å². The summed E-state index contributed by atoms with van der Waals surface area (Å²) in [6.07, 6.45) is 0. The second kappa shape index (κ2) is 8.73. The van der Waals surface area contributed by atoms with Gasteiger partial charge < -0.3 is 18.1 Å². The third-order valence-electron chi connectivity index (χ3n) is 5.67. The van der Waals surface area contributed by atoms with Gasteiger partial charge in [-0.1, -0.05) is 36.4 Å². The number of benzene rings is 4. The van der Waals surface area contributed by atoms with Crippen molar-refractivity contribution in [2.75, 3.05) is 5.73 Å². The van der Waals surface area contributed by atoms with Gasteiger partial charge in [0, 0.05) is 23.9 Å². The number of aromatic nitrogens is 2. The summed E-state index contributed by atoms with van der Waals surface area (Å²) in [5, 5.41) is 9.21. The van der Waals surface area contributed by atoms with E-state index in [9.17, 15) is 0 Å². The van der Waals surface area contributed by atoms with E-state index in [1.54, 1.807) is 0 Å². The van der Waals surface area contributed by atoms with E-state index < -0.39 is 0 Å². The first-order chi connectivity index (χ1) is 15.1. The Balaban J connectivity index is 0.00000245. The van der Waals surface area contributed by atoms with Crippen LogP contribution >= 0.6 is 0 Å². The molecule has 2 N–H and O–H groups in total. The molecule has 0 unspecified atom stereocenters. The second-order valence-electron chi connectivity index (χ2n) is 7.54. The maximum Gasteiger partial charge on any atom is 0.239 e. The first kappa shape index (κ1) is 21.4. The quantitative estimate of drug-likeness (QED) is 0.203. The summed E-state index contributed by atoms with van der Waals surface area (Å²) in [5.74, 6) is 0. The van der Waals surface area contributed by atoms with Gasteiger partial charge in [0.2, 0.25) is 16.7 Å². The lowest BCUT2D eigenvalue weighted by Gasteiger charge is -2.07. The van der Waals surface area contributed by atoms with E-state index in [0.717, 1.165) is 55.9 Å². The average molecular weight is 440 g/mol. The van der Waals surface area contributed by atoms with E-state index in [1.807, 2.05) is 80.6 Å². The van der Waals surface area contributed by atoms with E-state index >= 15 is 0 Å². The molecule has 0 atom stereocenters. The summed E-state index contributed by atoms with van der Waals surface area (Å²) < 4.78 is 2.20. The maximum atomic E-state index is 6.02. The van der Waals surface area contributed by atoms with Crippen LogP contribution in [-0.2, 0) is 0 Å². The highest BCUT2D eigenvalue weighted by atomic mass is 35.5. The minimum Gasteiger partial charge on any atom is -1.00 e. The van der Waals surface area contributed by atoms with Crippen molar-refractivity contribution < 1.29 is 17.0 Å². The van der Waals surface area contributed by atoms with Gasteiger partial charge in [-0.2, -0.15) is 5.11 Å². The molecule has 0 fully saturated rings. The Morgan fingerprint density at radius 2 is 1.22 bits per heavy atom. The standard InChI is InChI=1S/C26H22N5.ClH/c1-17-18(2)20(16-15-19(17)27)29-30-23-11-5-8-14-26(23)31-24-12-6-3-9-21(24)28-22-10-4-7-13-25(22)31;/h3-16H,27H2,1-2H3;1H/q+1;/p-1. The first-order valence-electron chi connectivity index (χ1n) is 10.2. The zero-order chi connectivity index (χ0) is 21.4. The lowest BCUT2D eigenvalue weighted by molar-refractivity contribution is -0.537. The van der Waals surface area contributed by atoms with Crippen LogP contribution in [0.1, 0.15) is 11.1 Å². The van der Waals surface area contributed by atoms with Crippen molar-refractivity contribution in [2.45, 2.75) is 13.8 Å². The topological polar surface area (TPSA) is 67.5 Å². The van der Waals surface area contributed by atoms with Gasteiger partial charge in [0.05, 0.1) is 5.69 Å². The van der Waals surface area contributed by atoms with Gasteiger partial charge in [0.15, 0.2) is 5.69 Å². The zero-order valence-electron chi connectivity index (χ0n) is 17.8. The molecule has 1 aromatic heterocycles. The van der Waals surface area contributed by atoms with E-state index in [0.29, 0.717) is 0 Å². The SMILES string of the molecule is Cc1c(N)ccc(N=Nc2ccccc2-[n+]2c3ccccc3nc3ccccc32)c1C.[Cl-]. The number of rotatable bonds is 3. The molecule has 0 saturated heterocycles. The largest absolute Gasteiger partial charge is 1.00 e. The lowest BCUT2D eigenvalue weighted by Crippen LogP contribution is -3.00. The van der Waals surface area contributed by atoms with Crippen LogP contribution in [0.3, 0.4) is 0 Å². The number of para-hydroxylation sites is 5.